The summed E-state index contributed by atoms with van der Waals surface area (Å²) in [6.07, 6.45) is 0. The summed E-state index contributed by atoms with van der Waals surface area (Å²) < 4.78 is 0. The molecule has 0 aromatic rings. The second kappa shape index (κ2) is 2.25. The Morgan fingerprint density at radius 2 is 2.00 bits per heavy atom. The number of nitrogens with zero attached hydrogens (tertiary/aromatic N) is 1. The smallest absolute Gasteiger partial charge is 0.204 e. The third-order valence-corrected chi connectivity index (χ3v) is 3.96. The molecule has 13 heavy (non-hydrogen) atoms. The average molecular weight is 183 g/mol. The lowest BCUT2D eigenvalue weighted by atomic mass is 9.70. The van der Waals surface area contributed by atoms with Crippen LogP contribution in [0, 0.1) is 11.3 Å². The first-order valence-corrected chi connectivity index (χ1v) is 5.11. The molecular formula is C9H17N3O+2. The van der Waals surface area contributed by atoms with Gasteiger partial charge in [-0.1, -0.05) is 5.16 Å². The monoisotopic (exact) mass is 183 g/mol. The van der Waals surface area contributed by atoms with E-state index >= 15 is 0 Å². The lowest BCUT2D eigenvalue weighted by Crippen LogP contribution is -3.40. The summed E-state index contributed by atoms with van der Waals surface area (Å²) in [5.74, 6) is 0.552. The predicted molar refractivity (Wildman–Crippen MR) is 47.1 cm³/mol. The van der Waals surface area contributed by atoms with E-state index < -0.39 is 0 Å². The lowest BCUT2D eigenvalue weighted by Gasteiger charge is -2.52. The Kier molecular flexibility index (Phi) is 1.34. The van der Waals surface area contributed by atoms with Crippen LogP contribution >= 0.6 is 0 Å². The predicted octanol–water partition coefficient (Wildman–Crippen LogP) is -2.79. The molecule has 72 valence electrons. The molecule has 4 saturated heterocycles. The van der Waals surface area contributed by atoms with Crippen LogP contribution in [0.25, 0.3) is 0 Å². The van der Waals surface area contributed by atoms with Crippen molar-refractivity contribution >= 4 is 5.71 Å². The van der Waals surface area contributed by atoms with Gasteiger partial charge in [-0.2, -0.15) is 0 Å². The van der Waals surface area contributed by atoms with Gasteiger partial charge >= 0.3 is 0 Å². The summed E-state index contributed by atoms with van der Waals surface area (Å²) in [4.78, 5) is 3.40. The zero-order valence-corrected chi connectivity index (χ0v) is 8.01. The van der Waals surface area contributed by atoms with Gasteiger partial charge in [0.2, 0.25) is 6.67 Å². The molecule has 0 spiro atoms. The molecule has 4 heterocycles. The van der Waals surface area contributed by atoms with Crippen LogP contribution < -0.4 is 9.80 Å². The van der Waals surface area contributed by atoms with E-state index in [4.69, 9.17) is 5.21 Å². The summed E-state index contributed by atoms with van der Waals surface area (Å²) >= 11 is 0. The molecule has 0 saturated carbocycles. The molecule has 0 aromatic heterocycles. The van der Waals surface area contributed by atoms with Gasteiger partial charge in [0.05, 0.1) is 31.9 Å². The van der Waals surface area contributed by atoms with E-state index in [1.54, 1.807) is 9.80 Å². The highest BCUT2D eigenvalue weighted by Gasteiger charge is 2.57. The maximum atomic E-state index is 9.03. The lowest BCUT2D eigenvalue weighted by molar-refractivity contribution is -1.13. The first kappa shape index (κ1) is 7.76. The minimum absolute atomic E-state index is 0.193. The molecule has 0 amide bonds. The van der Waals surface area contributed by atoms with Gasteiger partial charge in [-0.25, -0.2) is 0 Å². The first-order chi connectivity index (χ1) is 6.21. The van der Waals surface area contributed by atoms with E-state index in [9.17, 15) is 0 Å². The number of oxime groups is 1. The maximum Gasteiger partial charge on any atom is 0.204 e. The van der Waals surface area contributed by atoms with E-state index in [0.29, 0.717) is 5.92 Å². The molecule has 0 aliphatic carbocycles. The summed E-state index contributed by atoms with van der Waals surface area (Å²) in [7, 11) is 0. The SMILES string of the molecule is CC12C[NH+]3CC(C[NH+](C3)C1)/C2=N\O. The molecule has 4 rings (SSSR count). The number of nitrogens with one attached hydrogen (secondary N) is 2. The largest absolute Gasteiger partial charge is 0.411 e. The molecule has 4 fully saturated rings. The van der Waals surface area contributed by atoms with Crippen molar-refractivity contribution in [3.05, 3.63) is 0 Å². The zero-order chi connectivity index (χ0) is 9.05. The molecule has 4 nitrogen and oxygen atoms in total. The summed E-state index contributed by atoms with van der Waals surface area (Å²) in [6, 6.07) is 0. The van der Waals surface area contributed by atoms with Crippen molar-refractivity contribution in [3.63, 3.8) is 0 Å². The Balaban J connectivity index is 2.03. The molecule has 0 radical (unpaired) electrons. The van der Waals surface area contributed by atoms with Gasteiger partial charge in [-0.15, -0.1) is 0 Å². The summed E-state index contributed by atoms with van der Waals surface area (Å²) in [6.45, 7) is 8.27. The molecule has 3 N–H and O–H groups in total. The Labute approximate surface area is 77.8 Å². The standard InChI is InChI=1S/C9H15N3O/c1-9-4-11-2-7(8(9)10-13)3-12(5-9)6-11/h7,13H,2-6H2,1H3/p+2/b10-8+. The molecule has 2 atom stereocenters. The Bertz CT molecular complexity index is 262. The Morgan fingerprint density at radius 3 is 2.46 bits per heavy atom. The minimum Gasteiger partial charge on any atom is -0.411 e. The topological polar surface area (TPSA) is 41.5 Å². The zero-order valence-electron chi connectivity index (χ0n) is 8.01. The highest BCUT2D eigenvalue weighted by atomic mass is 16.4. The van der Waals surface area contributed by atoms with Crippen molar-refractivity contribution in [2.75, 3.05) is 32.8 Å². The molecule has 2 unspecified atom stereocenters. The van der Waals surface area contributed by atoms with Gasteiger partial charge in [0.1, 0.15) is 11.3 Å². The highest BCUT2D eigenvalue weighted by Crippen LogP contribution is 2.26. The fourth-order valence-corrected chi connectivity index (χ4v) is 3.77. The number of quaternary nitrogens is 2. The van der Waals surface area contributed by atoms with Gasteiger partial charge in [0.15, 0.2) is 0 Å². The Morgan fingerprint density at radius 1 is 1.38 bits per heavy atom. The van der Waals surface area contributed by atoms with Gasteiger partial charge in [-0.3, -0.25) is 9.80 Å². The number of piperidine rings is 2. The van der Waals surface area contributed by atoms with Crippen molar-refractivity contribution in [1.29, 1.82) is 0 Å². The van der Waals surface area contributed by atoms with E-state index in [-0.39, 0.29) is 5.41 Å². The van der Waals surface area contributed by atoms with E-state index in [0.717, 1.165) is 5.71 Å². The number of hydrogen-bond donors (Lipinski definition) is 3. The molecule has 4 bridgehead atoms. The number of hydrogen-bond acceptors (Lipinski definition) is 2. The van der Waals surface area contributed by atoms with Crippen molar-refractivity contribution in [3.8, 4) is 0 Å². The number of rotatable bonds is 0. The van der Waals surface area contributed by atoms with Crippen LogP contribution in [-0.4, -0.2) is 43.8 Å². The normalized spacial score (nSPS) is 56.1. The summed E-state index contributed by atoms with van der Waals surface area (Å²) in [5, 5.41) is 12.6. The van der Waals surface area contributed by atoms with Crippen LogP contribution in [0.2, 0.25) is 0 Å². The van der Waals surface area contributed by atoms with Crippen molar-refractivity contribution in [2.45, 2.75) is 6.92 Å². The fourth-order valence-electron chi connectivity index (χ4n) is 3.77. The quantitative estimate of drug-likeness (QED) is 0.276. The van der Waals surface area contributed by atoms with Crippen LogP contribution in [0.5, 0.6) is 0 Å². The van der Waals surface area contributed by atoms with Crippen molar-refractivity contribution in [2.24, 2.45) is 16.5 Å². The van der Waals surface area contributed by atoms with Crippen molar-refractivity contribution in [1.82, 2.24) is 0 Å². The molecule has 0 aromatic carbocycles. The third kappa shape index (κ3) is 0.901. The van der Waals surface area contributed by atoms with Crippen LogP contribution in [0.1, 0.15) is 6.92 Å². The molecule has 4 aliphatic heterocycles. The van der Waals surface area contributed by atoms with Crippen molar-refractivity contribution < 1.29 is 15.0 Å². The van der Waals surface area contributed by atoms with Crippen LogP contribution in [0.4, 0.5) is 0 Å². The maximum absolute atomic E-state index is 9.03. The van der Waals surface area contributed by atoms with Crippen LogP contribution in [0.15, 0.2) is 5.16 Å². The third-order valence-electron chi connectivity index (χ3n) is 3.96. The fraction of sp³-hybridized carbons (Fsp3) is 0.889. The average Bonchev–Trinajstić information content (AvgIpc) is 2.00. The molecule has 4 aliphatic rings. The van der Waals surface area contributed by atoms with E-state index in [2.05, 4.69) is 12.1 Å². The van der Waals surface area contributed by atoms with Gasteiger partial charge in [0.25, 0.3) is 0 Å². The first-order valence-electron chi connectivity index (χ1n) is 5.11. The van der Waals surface area contributed by atoms with Gasteiger partial charge in [0, 0.05) is 0 Å². The molecular weight excluding hydrogens is 166 g/mol. The van der Waals surface area contributed by atoms with Crippen LogP contribution in [-0.2, 0) is 0 Å². The van der Waals surface area contributed by atoms with E-state index in [1.165, 1.54) is 32.8 Å². The van der Waals surface area contributed by atoms with E-state index in [1.807, 2.05) is 0 Å². The second-order valence-corrected chi connectivity index (χ2v) is 5.18. The second-order valence-electron chi connectivity index (χ2n) is 5.18. The minimum atomic E-state index is 0.193. The Hall–Kier alpha value is -0.610. The highest BCUT2D eigenvalue weighted by molar-refractivity contribution is 5.93. The van der Waals surface area contributed by atoms with Gasteiger partial charge in [-0.05, 0) is 6.92 Å². The van der Waals surface area contributed by atoms with Crippen LogP contribution in [0.3, 0.4) is 0 Å². The summed E-state index contributed by atoms with van der Waals surface area (Å²) in [5.41, 5.74) is 1.28. The van der Waals surface area contributed by atoms with Gasteiger partial charge < -0.3 is 5.21 Å². The molecule has 4 heteroatoms.